The van der Waals surface area contributed by atoms with Crippen LogP contribution >= 0.6 is 0 Å². The summed E-state index contributed by atoms with van der Waals surface area (Å²) in [6, 6.07) is 4.85. The van der Waals surface area contributed by atoms with Crippen LogP contribution in [0.25, 0.3) is 11.4 Å². The van der Waals surface area contributed by atoms with Crippen LogP contribution in [0, 0.1) is 10.1 Å². The third kappa shape index (κ3) is 2.40. The molecule has 0 bridgehead atoms. The zero-order chi connectivity index (χ0) is 14.0. The number of hydrogen-bond acceptors (Lipinski definition) is 5. The quantitative estimate of drug-likeness (QED) is 0.624. The average molecular weight is 262 g/mol. The molecule has 0 saturated heterocycles. The summed E-state index contributed by atoms with van der Waals surface area (Å²) >= 11 is 0. The van der Waals surface area contributed by atoms with Crippen molar-refractivity contribution in [2.45, 2.75) is 19.9 Å². The molecule has 0 spiro atoms. The van der Waals surface area contributed by atoms with Gasteiger partial charge in [-0.3, -0.25) is 10.1 Å². The Morgan fingerprint density at radius 1 is 1.42 bits per heavy atom. The van der Waals surface area contributed by atoms with Gasteiger partial charge < -0.3 is 9.30 Å². The van der Waals surface area contributed by atoms with E-state index in [1.165, 1.54) is 13.2 Å². The second kappa shape index (κ2) is 5.05. The molecule has 0 radical (unpaired) electrons. The summed E-state index contributed by atoms with van der Waals surface area (Å²) in [4.78, 5) is 10.4. The summed E-state index contributed by atoms with van der Waals surface area (Å²) in [5.41, 5.74) is 0.663. The lowest BCUT2D eigenvalue weighted by molar-refractivity contribution is -0.385. The van der Waals surface area contributed by atoms with E-state index in [4.69, 9.17) is 4.74 Å². The first-order valence-corrected chi connectivity index (χ1v) is 5.77. The number of ether oxygens (including phenoxy) is 1. The van der Waals surface area contributed by atoms with Crippen LogP contribution in [0.15, 0.2) is 24.5 Å². The fraction of sp³-hybridized carbons (Fsp3) is 0.333. The number of aromatic nitrogens is 3. The maximum absolute atomic E-state index is 10.8. The van der Waals surface area contributed by atoms with Gasteiger partial charge in [0.05, 0.1) is 12.0 Å². The third-order valence-electron chi connectivity index (χ3n) is 2.76. The lowest BCUT2D eigenvalue weighted by atomic mass is 10.1. The monoisotopic (exact) mass is 262 g/mol. The van der Waals surface area contributed by atoms with Gasteiger partial charge in [0, 0.05) is 17.7 Å². The average Bonchev–Trinajstić information content (AvgIpc) is 2.87. The van der Waals surface area contributed by atoms with Gasteiger partial charge in [0.2, 0.25) is 0 Å². The van der Waals surface area contributed by atoms with E-state index < -0.39 is 4.92 Å². The van der Waals surface area contributed by atoms with Crippen LogP contribution in [0.4, 0.5) is 5.69 Å². The molecule has 0 saturated carbocycles. The lowest BCUT2D eigenvalue weighted by Gasteiger charge is -2.10. The zero-order valence-electron chi connectivity index (χ0n) is 10.9. The predicted molar refractivity (Wildman–Crippen MR) is 69.0 cm³/mol. The van der Waals surface area contributed by atoms with Crippen molar-refractivity contribution in [2.75, 3.05) is 7.11 Å². The zero-order valence-corrected chi connectivity index (χ0v) is 10.9. The topological polar surface area (TPSA) is 83.1 Å². The van der Waals surface area contributed by atoms with Gasteiger partial charge in [-0.05, 0) is 26.0 Å². The Balaban J connectivity index is 2.52. The Morgan fingerprint density at radius 2 is 2.16 bits per heavy atom. The highest BCUT2D eigenvalue weighted by Gasteiger charge is 2.18. The van der Waals surface area contributed by atoms with Crippen LogP contribution in [-0.2, 0) is 0 Å². The minimum Gasteiger partial charge on any atom is -0.490 e. The van der Waals surface area contributed by atoms with Gasteiger partial charge in [0.1, 0.15) is 6.33 Å². The number of nitro benzene ring substituents is 1. The van der Waals surface area contributed by atoms with E-state index >= 15 is 0 Å². The lowest BCUT2D eigenvalue weighted by Crippen LogP contribution is -2.02. The van der Waals surface area contributed by atoms with E-state index in [0.717, 1.165) is 5.56 Å². The highest BCUT2D eigenvalue weighted by atomic mass is 16.6. The van der Waals surface area contributed by atoms with Gasteiger partial charge in [-0.25, -0.2) is 0 Å². The van der Waals surface area contributed by atoms with Crippen molar-refractivity contribution in [2.24, 2.45) is 0 Å². The summed E-state index contributed by atoms with van der Waals surface area (Å²) in [5, 5.41) is 18.8. The van der Waals surface area contributed by atoms with Crippen LogP contribution in [-0.4, -0.2) is 26.8 Å². The molecule has 2 aromatic rings. The summed E-state index contributed by atoms with van der Waals surface area (Å²) in [7, 11) is 1.40. The van der Waals surface area contributed by atoms with Crippen LogP contribution in [0.5, 0.6) is 5.75 Å². The molecule has 100 valence electrons. The fourth-order valence-corrected chi connectivity index (χ4v) is 1.79. The molecule has 0 aliphatic carbocycles. The normalized spacial score (nSPS) is 10.7. The Hall–Kier alpha value is -2.44. The third-order valence-corrected chi connectivity index (χ3v) is 2.76. The highest BCUT2D eigenvalue weighted by molar-refractivity contribution is 5.63. The molecule has 0 aliphatic heterocycles. The number of rotatable bonds is 4. The second-order valence-electron chi connectivity index (χ2n) is 4.30. The van der Waals surface area contributed by atoms with Crippen molar-refractivity contribution in [1.29, 1.82) is 0 Å². The van der Waals surface area contributed by atoms with Gasteiger partial charge in [-0.15, -0.1) is 10.2 Å². The van der Waals surface area contributed by atoms with Crippen LogP contribution in [0.3, 0.4) is 0 Å². The van der Waals surface area contributed by atoms with Gasteiger partial charge in [-0.1, -0.05) is 0 Å². The van der Waals surface area contributed by atoms with E-state index in [0.29, 0.717) is 5.82 Å². The van der Waals surface area contributed by atoms with Crippen molar-refractivity contribution < 1.29 is 9.66 Å². The number of methoxy groups -OCH3 is 1. The summed E-state index contributed by atoms with van der Waals surface area (Å²) in [5.74, 6) is 0.865. The van der Waals surface area contributed by atoms with Gasteiger partial charge in [0.15, 0.2) is 11.6 Å². The first kappa shape index (κ1) is 13.0. The highest BCUT2D eigenvalue weighted by Crippen LogP contribution is 2.31. The maximum Gasteiger partial charge on any atom is 0.310 e. The van der Waals surface area contributed by atoms with E-state index in [9.17, 15) is 10.1 Å². The molecule has 1 aromatic carbocycles. The largest absolute Gasteiger partial charge is 0.490 e. The molecule has 1 heterocycles. The molecule has 0 N–H and O–H groups in total. The molecular formula is C12H14N4O3. The van der Waals surface area contributed by atoms with Crippen LogP contribution < -0.4 is 4.74 Å². The summed E-state index contributed by atoms with van der Waals surface area (Å²) in [6.07, 6.45) is 1.63. The number of nitrogens with zero attached hydrogens (tertiary/aromatic N) is 4. The molecule has 0 amide bonds. The van der Waals surface area contributed by atoms with E-state index in [-0.39, 0.29) is 17.5 Å². The Morgan fingerprint density at radius 3 is 2.74 bits per heavy atom. The van der Waals surface area contributed by atoms with Crippen LogP contribution in [0.1, 0.15) is 19.9 Å². The van der Waals surface area contributed by atoms with Gasteiger partial charge in [0.25, 0.3) is 0 Å². The molecule has 7 heteroatoms. The van der Waals surface area contributed by atoms with E-state index in [2.05, 4.69) is 10.2 Å². The van der Waals surface area contributed by atoms with Crippen molar-refractivity contribution in [3.63, 3.8) is 0 Å². The standard InChI is InChI=1S/C12H14N4O3/c1-8(2)15-7-13-14-12(15)9-4-5-10(16(17)18)11(6-9)19-3/h4-8H,1-3H3. The summed E-state index contributed by atoms with van der Waals surface area (Å²) < 4.78 is 6.94. The SMILES string of the molecule is COc1cc(-c2nncn2C(C)C)ccc1[N+](=O)[O-]. The van der Waals surface area contributed by atoms with E-state index in [1.807, 2.05) is 18.4 Å². The smallest absolute Gasteiger partial charge is 0.310 e. The number of benzene rings is 1. The molecular weight excluding hydrogens is 248 g/mol. The first-order valence-electron chi connectivity index (χ1n) is 5.77. The minimum absolute atomic E-state index is 0.0677. The van der Waals surface area contributed by atoms with Crippen molar-refractivity contribution in [3.8, 4) is 17.1 Å². The minimum atomic E-state index is -0.476. The number of hydrogen-bond donors (Lipinski definition) is 0. The van der Waals surface area contributed by atoms with E-state index in [1.54, 1.807) is 18.5 Å². The summed E-state index contributed by atoms with van der Waals surface area (Å²) in [6.45, 7) is 4.02. The van der Waals surface area contributed by atoms with Crippen molar-refractivity contribution in [3.05, 3.63) is 34.6 Å². The molecule has 19 heavy (non-hydrogen) atoms. The molecule has 0 fully saturated rings. The molecule has 0 atom stereocenters. The first-order chi connectivity index (χ1) is 9.04. The molecule has 2 rings (SSSR count). The van der Waals surface area contributed by atoms with Gasteiger partial charge in [-0.2, -0.15) is 0 Å². The molecule has 1 aromatic heterocycles. The molecule has 0 unspecified atom stereocenters. The van der Waals surface area contributed by atoms with Crippen molar-refractivity contribution in [1.82, 2.24) is 14.8 Å². The fourth-order valence-electron chi connectivity index (χ4n) is 1.79. The van der Waals surface area contributed by atoms with Crippen LogP contribution in [0.2, 0.25) is 0 Å². The maximum atomic E-state index is 10.8. The van der Waals surface area contributed by atoms with Gasteiger partial charge >= 0.3 is 5.69 Å². The number of nitro groups is 1. The van der Waals surface area contributed by atoms with Crippen molar-refractivity contribution >= 4 is 5.69 Å². The molecule has 0 aliphatic rings. The predicted octanol–water partition coefficient (Wildman–Crippen LogP) is 2.44. The Bertz CT molecular complexity index is 607. The molecule has 7 nitrogen and oxygen atoms in total. The Labute approximate surface area is 110 Å². The Kier molecular flexibility index (Phi) is 3.46. The second-order valence-corrected chi connectivity index (χ2v) is 4.30.